The van der Waals surface area contributed by atoms with Gasteiger partial charge in [0.25, 0.3) is 0 Å². The highest BCUT2D eigenvalue weighted by atomic mass is 31.3. The first kappa shape index (κ1) is 29.9. The minimum Gasteiger partial charge on any atom is -0.393 e. The van der Waals surface area contributed by atoms with E-state index in [4.69, 9.17) is 26.0 Å². The molecule has 2 heterocycles. The molecule has 1 aliphatic carbocycles. The topological polar surface area (TPSA) is 253 Å². The summed E-state index contributed by atoms with van der Waals surface area (Å²) in [5.74, 6) is 0.808. The lowest BCUT2D eigenvalue weighted by Gasteiger charge is -2.28. The van der Waals surface area contributed by atoms with Crippen molar-refractivity contribution in [3.8, 4) is 0 Å². The van der Waals surface area contributed by atoms with Crippen LogP contribution in [0.5, 0.6) is 0 Å². The van der Waals surface area contributed by atoms with Crippen LogP contribution in [0.15, 0.2) is 12.8 Å². The van der Waals surface area contributed by atoms with Gasteiger partial charge in [-0.2, -0.15) is 18.6 Å². The maximum Gasteiger partial charge on any atom is 0.490 e. The number of nitrogens with zero attached hydrogens (tertiary/aromatic N) is 4. The summed E-state index contributed by atoms with van der Waals surface area (Å²) in [7, 11) is -14.4. The molecule has 1 aliphatic heterocycles. The number of aromatic nitrogens is 2. The molecule has 1 saturated carbocycles. The second-order valence-electron chi connectivity index (χ2n) is 8.72. The average Bonchev–Trinajstić information content (AvgIpc) is 3.53. The molecule has 2 aliphatic rings. The van der Waals surface area contributed by atoms with Crippen LogP contribution in [-0.4, -0.2) is 68.0 Å². The van der Waals surface area contributed by atoms with Crippen LogP contribution in [0.25, 0.3) is 0 Å². The number of phosphoric acid groups is 3. The molecule has 8 N–H and O–H groups in total. The molecule has 1 aromatic rings. The molecule has 37 heavy (non-hydrogen) atoms. The van der Waals surface area contributed by atoms with Crippen molar-refractivity contribution >= 4 is 46.7 Å². The van der Waals surface area contributed by atoms with Crippen LogP contribution in [-0.2, 0) is 31.6 Å². The van der Waals surface area contributed by atoms with Crippen LogP contribution in [0.1, 0.15) is 26.2 Å². The van der Waals surface area contributed by atoms with Gasteiger partial charge >= 0.3 is 23.5 Å². The van der Waals surface area contributed by atoms with Gasteiger partial charge in [0.2, 0.25) is 5.95 Å². The lowest BCUT2D eigenvalue weighted by atomic mass is 10.0. The number of hydrogen-bond acceptors (Lipinski definition) is 13. The SMILES string of the molecule is C=CN(C[C@@H]1O[C@H](COP(=O)(O)OP(=O)(O)OP(=O)(O)O)C[C@@H]1C)c1nc(N)nc(N(C)C2CC2)c1N. The van der Waals surface area contributed by atoms with E-state index in [9.17, 15) is 23.5 Å². The van der Waals surface area contributed by atoms with Crippen LogP contribution in [0.3, 0.4) is 0 Å². The molecule has 0 aromatic carbocycles. The Bertz CT molecular complexity index is 1150. The number of hydrogen-bond donors (Lipinski definition) is 6. The highest BCUT2D eigenvalue weighted by molar-refractivity contribution is 7.66. The molecule has 2 unspecified atom stereocenters. The van der Waals surface area contributed by atoms with Crippen LogP contribution >= 0.6 is 23.5 Å². The Balaban J connectivity index is 1.63. The van der Waals surface area contributed by atoms with Gasteiger partial charge in [0.05, 0.1) is 25.4 Å². The first-order valence-corrected chi connectivity index (χ1v) is 15.5. The molecule has 210 valence electrons. The van der Waals surface area contributed by atoms with E-state index >= 15 is 0 Å². The molecule has 0 bridgehead atoms. The van der Waals surface area contributed by atoms with Gasteiger partial charge in [0.1, 0.15) is 5.69 Å². The van der Waals surface area contributed by atoms with Crippen molar-refractivity contribution in [3.63, 3.8) is 0 Å². The van der Waals surface area contributed by atoms with E-state index in [0.717, 1.165) is 12.8 Å². The summed E-state index contributed by atoms with van der Waals surface area (Å²) in [6.45, 7) is 5.40. The fraction of sp³-hybridized carbons (Fsp3) is 0.647. The van der Waals surface area contributed by atoms with Gasteiger partial charge < -0.3 is 45.6 Å². The van der Waals surface area contributed by atoms with Crippen LogP contribution in [0.4, 0.5) is 23.3 Å². The van der Waals surface area contributed by atoms with Gasteiger partial charge in [-0.1, -0.05) is 13.5 Å². The van der Waals surface area contributed by atoms with E-state index < -0.39 is 42.3 Å². The normalized spacial score (nSPS) is 25.3. The Morgan fingerprint density at radius 1 is 1.11 bits per heavy atom. The molecule has 17 nitrogen and oxygen atoms in total. The quantitative estimate of drug-likeness (QED) is 0.178. The molecule has 2 fully saturated rings. The van der Waals surface area contributed by atoms with Crippen LogP contribution in [0.2, 0.25) is 0 Å². The zero-order chi connectivity index (χ0) is 27.8. The Morgan fingerprint density at radius 3 is 2.30 bits per heavy atom. The average molecular weight is 588 g/mol. The van der Waals surface area contributed by atoms with Crippen molar-refractivity contribution in [2.24, 2.45) is 5.92 Å². The van der Waals surface area contributed by atoms with E-state index in [1.165, 1.54) is 6.20 Å². The van der Waals surface area contributed by atoms with Crippen molar-refractivity contribution in [3.05, 3.63) is 12.8 Å². The molecule has 3 rings (SSSR count). The second-order valence-corrected chi connectivity index (χ2v) is 13.1. The van der Waals surface area contributed by atoms with E-state index in [1.807, 2.05) is 18.9 Å². The molecule has 0 spiro atoms. The number of phosphoric ester groups is 1. The minimum absolute atomic E-state index is 0.0350. The smallest absolute Gasteiger partial charge is 0.393 e. The van der Waals surface area contributed by atoms with E-state index in [0.29, 0.717) is 29.8 Å². The van der Waals surface area contributed by atoms with Gasteiger partial charge in [-0.05, 0) is 31.4 Å². The lowest BCUT2D eigenvalue weighted by molar-refractivity contribution is 0.00963. The van der Waals surface area contributed by atoms with Gasteiger partial charge in [0.15, 0.2) is 11.6 Å². The van der Waals surface area contributed by atoms with E-state index in [1.54, 1.807) is 4.90 Å². The zero-order valence-corrected chi connectivity index (χ0v) is 22.7. The highest BCUT2D eigenvalue weighted by Gasteiger charge is 2.42. The summed E-state index contributed by atoms with van der Waals surface area (Å²) in [6, 6.07) is 0.329. The van der Waals surface area contributed by atoms with Crippen LogP contribution in [0, 0.1) is 5.92 Å². The van der Waals surface area contributed by atoms with Crippen molar-refractivity contribution < 1.29 is 51.2 Å². The number of nitrogen functional groups attached to an aromatic ring is 2. The lowest BCUT2D eigenvalue weighted by Crippen LogP contribution is -2.33. The van der Waals surface area contributed by atoms with Crippen molar-refractivity contribution in [1.82, 2.24) is 9.97 Å². The van der Waals surface area contributed by atoms with E-state index in [2.05, 4.69) is 29.7 Å². The third-order valence-corrected chi connectivity index (χ3v) is 9.50. The summed E-state index contributed by atoms with van der Waals surface area (Å²) in [5, 5.41) is 0. The molecular weight excluding hydrogens is 557 g/mol. The monoisotopic (exact) mass is 588 g/mol. The predicted octanol–water partition coefficient (Wildman–Crippen LogP) is 1.33. The van der Waals surface area contributed by atoms with Crippen molar-refractivity contribution in [2.75, 3.05) is 41.5 Å². The van der Waals surface area contributed by atoms with Gasteiger partial charge in [0, 0.05) is 13.1 Å². The summed E-state index contributed by atoms with van der Waals surface area (Å²) in [6.07, 6.45) is 2.77. The maximum absolute atomic E-state index is 12.0. The Labute approximate surface area is 212 Å². The Hall–Kier alpha value is -1.61. The first-order valence-electron chi connectivity index (χ1n) is 11.0. The Kier molecular flexibility index (Phi) is 9.10. The van der Waals surface area contributed by atoms with Crippen molar-refractivity contribution in [2.45, 2.75) is 44.4 Å². The number of anilines is 4. The van der Waals surface area contributed by atoms with E-state index in [-0.39, 0.29) is 18.4 Å². The Morgan fingerprint density at radius 2 is 1.73 bits per heavy atom. The van der Waals surface area contributed by atoms with Gasteiger partial charge in [-0.25, -0.2) is 13.7 Å². The maximum atomic E-state index is 12.0. The number of ether oxygens (including phenoxy) is 1. The zero-order valence-electron chi connectivity index (χ0n) is 20.1. The first-order chi connectivity index (χ1) is 17.0. The molecule has 1 aromatic heterocycles. The fourth-order valence-electron chi connectivity index (χ4n) is 3.84. The molecule has 5 atom stereocenters. The minimum atomic E-state index is -5.60. The third kappa shape index (κ3) is 8.44. The second kappa shape index (κ2) is 11.2. The summed E-state index contributed by atoms with van der Waals surface area (Å²) in [4.78, 5) is 48.3. The third-order valence-electron chi connectivity index (χ3n) is 5.70. The molecular formula is C17H31N6O11P3. The molecule has 1 saturated heterocycles. The molecule has 0 radical (unpaired) electrons. The van der Waals surface area contributed by atoms with Gasteiger partial charge in [-0.15, -0.1) is 0 Å². The fourth-order valence-corrected chi connectivity index (χ4v) is 6.89. The summed E-state index contributed by atoms with van der Waals surface area (Å²) in [5.41, 5.74) is 12.6. The molecule has 20 heteroatoms. The number of nitrogens with two attached hydrogens (primary N) is 2. The standard InChI is InChI=1S/C17H31N6O11P3/c1-4-23(16-14(18)15(20-17(19)21-16)22(3)11-5-6-11)8-13-10(2)7-12(32-13)9-31-36(27,28)34-37(29,30)33-35(24,25)26/h4,10-13H,1,5-9,18H2,2-3H3,(H,27,28)(H,29,30)(H2,19,20,21)(H2,24,25,26)/t10-,12-,13-/m0/s1. The number of rotatable bonds is 13. The van der Waals surface area contributed by atoms with Crippen LogP contribution < -0.4 is 21.3 Å². The highest BCUT2D eigenvalue weighted by Crippen LogP contribution is 2.66. The largest absolute Gasteiger partial charge is 0.490 e. The van der Waals surface area contributed by atoms with Crippen molar-refractivity contribution in [1.29, 1.82) is 0 Å². The predicted molar refractivity (Wildman–Crippen MR) is 132 cm³/mol. The molecule has 0 amide bonds. The summed E-state index contributed by atoms with van der Waals surface area (Å²) >= 11 is 0. The summed E-state index contributed by atoms with van der Waals surface area (Å²) < 4.78 is 52.2. The van der Waals surface area contributed by atoms with Gasteiger partial charge in [-0.3, -0.25) is 4.52 Å².